The third kappa shape index (κ3) is 4.96. The van der Waals surface area contributed by atoms with E-state index in [-0.39, 0.29) is 5.60 Å². The van der Waals surface area contributed by atoms with E-state index in [0.29, 0.717) is 17.4 Å². The van der Waals surface area contributed by atoms with Crippen LogP contribution in [-0.2, 0) is 4.74 Å². The normalized spacial score (nSPS) is 27.1. The average molecular weight is 296 g/mol. The molecule has 0 aromatic carbocycles. The van der Waals surface area contributed by atoms with Gasteiger partial charge in [0.15, 0.2) is 0 Å². The molecule has 2 fully saturated rings. The Morgan fingerprint density at radius 2 is 1.86 bits per heavy atom. The van der Waals surface area contributed by atoms with Gasteiger partial charge in [-0.1, -0.05) is 47.0 Å². The van der Waals surface area contributed by atoms with E-state index in [9.17, 15) is 0 Å². The summed E-state index contributed by atoms with van der Waals surface area (Å²) >= 11 is 0. The van der Waals surface area contributed by atoms with Crippen molar-refractivity contribution < 1.29 is 4.74 Å². The van der Waals surface area contributed by atoms with Crippen molar-refractivity contribution in [3.05, 3.63) is 0 Å². The largest absolute Gasteiger partial charge is 0.372 e. The van der Waals surface area contributed by atoms with Crippen LogP contribution in [0.4, 0.5) is 0 Å². The Balaban J connectivity index is 1.85. The first-order valence-corrected chi connectivity index (χ1v) is 9.34. The highest BCUT2D eigenvalue weighted by molar-refractivity contribution is 4.92. The summed E-state index contributed by atoms with van der Waals surface area (Å²) in [4.78, 5) is 0. The Morgan fingerprint density at radius 3 is 2.48 bits per heavy atom. The van der Waals surface area contributed by atoms with Crippen LogP contribution in [0.1, 0.15) is 85.5 Å². The smallest absolute Gasteiger partial charge is 0.0687 e. The molecule has 0 aromatic rings. The van der Waals surface area contributed by atoms with E-state index in [4.69, 9.17) is 4.74 Å². The maximum Gasteiger partial charge on any atom is 0.0687 e. The molecule has 1 spiro atoms. The third-order valence-corrected chi connectivity index (χ3v) is 5.69. The zero-order chi connectivity index (χ0) is 15.3. The molecule has 0 radical (unpaired) electrons. The van der Waals surface area contributed by atoms with E-state index in [1.807, 2.05) is 0 Å². The molecule has 2 rings (SSSR count). The predicted octanol–water partition coefficient (Wildman–Crippen LogP) is 4.92. The molecule has 1 saturated carbocycles. The fourth-order valence-corrected chi connectivity index (χ4v) is 4.14. The third-order valence-electron chi connectivity index (χ3n) is 5.69. The van der Waals surface area contributed by atoms with Crippen LogP contribution in [0.25, 0.3) is 0 Å². The fraction of sp³-hybridized carbons (Fsp3) is 1.00. The van der Waals surface area contributed by atoms with Crippen LogP contribution in [0, 0.1) is 11.3 Å². The zero-order valence-corrected chi connectivity index (χ0v) is 14.8. The molecule has 124 valence electrons. The Labute approximate surface area is 132 Å². The lowest BCUT2D eigenvalue weighted by Gasteiger charge is -2.36. The molecular formula is C19H37NO. The summed E-state index contributed by atoms with van der Waals surface area (Å²) in [6.45, 7) is 11.7. The minimum atomic E-state index is 0.280. The molecule has 2 atom stereocenters. The Bertz CT molecular complexity index is 301. The monoisotopic (exact) mass is 295 g/mol. The summed E-state index contributed by atoms with van der Waals surface area (Å²) < 4.78 is 6.59. The summed E-state index contributed by atoms with van der Waals surface area (Å²) in [6.07, 6.45) is 12.4. The van der Waals surface area contributed by atoms with Gasteiger partial charge in [0, 0.05) is 0 Å². The summed E-state index contributed by atoms with van der Waals surface area (Å²) in [5, 5.41) is 3.63. The van der Waals surface area contributed by atoms with Crippen molar-refractivity contribution in [3.8, 4) is 0 Å². The Hall–Kier alpha value is -0.0800. The first-order chi connectivity index (χ1) is 9.95. The van der Waals surface area contributed by atoms with Gasteiger partial charge in [-0.2, -0.15) is 0 Å². The van der Waals surface area contributed by atoms with Crippen molar-refractivity contribution in [2.45, 2.75) is 97.2 Å². The van der Waals surface area contributed by atoms with Crippen molar-refractivity contribution in [3.63, 3.8) is 0 Å². The molecule has 1 N–H and O–H groups in total. The zero-order valence-electron chi connectivity index (χ0n) is 14.8. The first kappa shape index (κ1) is 17.3. The number of nitrogens with one attached hydrogen (secondary N) is 1. The van der Waals surface area contributed by atoms with Gasteiger partial charge in [-0.15, -0.1) is 0 Å². The van der Waals surface area contributed by atoms with E-state index in [0.717, 1.165) is 13.1 Å². The molecule has 0 bridgehead atoms. The van der Waals surface area contributed by atoms with Gasteiger partial charge in [0.2, 0.25) is 0 Å². The van der Waals surface area contributed by atoms with Gasteiger partial charge in [-0.05, 0) is 62.9 Å². The van der Waals surface area contributed by atoms with E-state index < -0.39 is 0 Å². The molecular weight excluding hydrogens is 258 g/mol. The molecule has 2 unspecified atom stereocenters. The van der Waals surface area contributed by atoms with E-state index in [1.165, 1.54) is 57.8 Å². The lowest BCUT2D eigenvalue weighted by atomic mass is 9.77. The summed E-state index contributed by atoms with van der Waals surface area (Å²) in [5.41, 5.74) is 0.647. The second-order valence-corrected chi connectivity index (χ2v) is 8.52. The van der Waals surface area contributed by atoms with Crippen LogP contribution in [0.3, 0.4) is 0 Å². The highest BCUT2D eigenvalue weighted by atomic mass is 16.5. The Morgan fingerprint density at radius 1 is 1.14 bits per heavy atom. The molecule has 2 heteroatoms. The lowest BCUT2D eigenvalue weighted by molar-refractivity contribution is -0.0740. The highest BCUT2D eigenvalue weighted by Crippen LogP contribution is 2.44. The molecule has 1 heterocycles. The fourth-order valence-electron chi connectivity index (χ4n) is 4.14. The second-order valence-electron chi connectivity index (χ2n) is 8.52. The maximum absolute atomic E-state index is 6.59. The van der Waals surface area contributed by atoms with Crippen molar-refractivity contribution in [2.75, 3.05) is 13.1 Å². The molecule has 0 amide bonds. The van der Waals surface area contributed by atoms with Crippen molar-refractivity contribution in [2.24, 2.45) is 11.3 Å². The molecule has 0 aromatic heterocycles. The number of hydrogen-bond acceptors (Lipinski definition) is 2. The Kier molecular flexibility index (Phi) is 6.14. The van der Waals surface area contributed by atoms with E-state index in [1.54, 1.807) is 0 Å². The SMILES string of the molecule is CCCNCC(CC1CCC2(CCCCC2)O1)C(C)(C)C. The maximum atomic E-state index is 6.59. The second kappa shape index (κ2) is 7.46. The molecule has 2 aliphatic rings. The van der Waals surface area contributed by atoms with E-state index >= 15 is 0 Å². The quantitative estimate of drug-likeness (QED) is 0.702. The van der Waals surface area contributed by atoms with Gasteiger partial charge >= 0.3 is 0 Å². The van der Waals surface area contributed by atoms with Gasteiger partial charge < -0.3 is 10.1 Å². The standard InChI is InChI=1S/C19H37NO/c1-5-13-20-15-16(18(2,3)4)14-17-9-12-19(21-17)10-7-6-8-11-19/h16-17,20H,5-15H2,1-4H3. The van der Waals surface area contributed by atoms with Crippen LogP contribution < -0.4 is 5.32 Å². The molecule has 21 heavy (non-hydrogen) atoms. The summed E-state index contributed by atoms with van der Waals surface area (Å²) in [6, 6.07) is 0. The number of ether oxygens (including phenoxy) is 1. The highest BCUT2D eigenvalue weighted by Gasteiger charge is 2.42. The topological polar surface area (TPSA) is 21.3 Å². The molecule has 1 saturated heterocycles. The molecule has 1 aliphatic carbocycles. The van der Waals surface area contributed by atoms with E-state index in [2.05, 4.69) is 33.0 Å². The minimum absolute atomic E-state index is 0.280. The number of hydrogen-bond donors (Lipinski definition) is 1. The van der Waals surface area contributed by atoms with Crippen LogP contribution in [0.2, 0.25) is 0 Å². The summed E-state index contributed by atoms with van der Waals surface area (Å²) in [5.74, 6) is 0.716. The van der Waals surface area contributed by atoms with Crippen LogP contribution in [0.15, 0.2) is 0 Å². The van der Waals surface area contributed by atoms with Gasteiger partial charge in [-0.25, -0.2) is 0 Å². The predicted molar refractivity (Wildman–Crippen MR) is 90.6 cm³/mol. The van der Waals surface area contributed by atoms with Crippen molar-refractivity contribution >= 4 is 0 Å². The minimum Gasteiger partial charge on any atom is -0.372 e. The molecule has 1 aliphatic heterocycles. The average Bonchev–Trinajstić information content (AvgIpc) is 2.80. The van der Waals surface area contributed by atoms with Crippen LogP contribution >= 0.6 is 0 Å². The van der Waals surface area contributed by atoms with Gasteiger partial charge in [0.05, 0.1) is 11.7 Å². The van der Waals surface area contributed by atoms with Gasteiger partial charge in [-0.3, -0.25) is 0 Å². The van der Waals surface area contributed by atoms with Gasteiger partial charge in [0.1, 0.15) is 0 Å². The number of rotatable bonds is 6. The molecule has 2 nitrogen and oxygen atoms in total. The first-order valence-electron chi connectivity index (χ1n) is 9.34. The lowest BCUT2D eigenvalue weighted by Crippen LogP contribution is -2.36. The van der Waals surface area contributed by atoms with Crippen LogP contribution in [0.5, 0.6) is 0 Å². The van der Waals surface area contributed by atoms with Crippen molar-refractivity contribution in [1.82, 2.24) is 5.32 Å². The van der Waals surface area contributed by atoms with Crippen molar-refractivity contribution in [1.29, 1.82) is 0 Å². The van der Waals surface area contributed by atoms with Crippen LogP contribution in [-0.4, -0.2) is 24.8 Å². The van der Waals surface area contributed by atoms with Gasteiger partial charge in [0.25, 0.3) is 0 Å². The summed E-state index contributed by atoms with van der Waals surface area (Å²) in [7, 11) is 0.